The van der Waals surface area contributed by atoms with Gasteiger partial charge in [-0.3, -0.25) is 9.78 Å². The second kappa shape index (κ2) is 10.3. The van der Waals surface area contributed by atoms with Crippen LogP contribution in [0.25, 0.3) is 22.0 Å². The lowest BCUT2D eigenvalue weighted by atomic mass is 10.0. The number of anilines is 1. The Morgan fingerprint density at radius 3 is 2.64 bits per heavy atom. The third-order valence-corrected chi connectivity index (χ3v) is 6.00. The Kier molecular flexibility index (Phi) is 7.26. The summed E-state index contributed by atoms with van der Waals surface area (Å²) in [6.45, 7) is 2.48. The van der Waals surface area contributed by atoms with Crippen LogP contribution in [0.15, 0.2) is 72.9 Å². The highest BCUT2D eigenvalue weighted by Crippen LogP contribution is 2.34. The molecule has 1 heterocycles. The predicted molar refractivity (Wildman–Crippen MR) is 135 cm³/mol. The van der Waals surface area contributed by atoms with E-state index in [0.29, 0.717) is 27.8 Å². The highest BCUT2D eigenvalue weighted by molar-refractivity contribution is 6.35. The van der Waals surface area contributed by atoms with Gasteiger partial charge in [0.05, 0.1) is 27.9 Å². The Bertz CT molecular complexity index is 1300. The molecule has 1 atom stereocenters. The number of pyridine rings is 1. The van der Waals surface area contributed by atoms with E-state index < -0.39 is 0 Å². The molecule has 3 N–H and O–H groups in total. The van der Waals surface area contributed by atoms with Crippen LogP contribution < -0.4 is 10.6 Å². The highest BCUT2D eigenvalue weighted by Gasteiger charge is 2.14. The minimum absolute atomic E-state index is 0.0259. The maximum atomic E-state index is 12.9. The van der Waals surface area contributed by atoms with E-state index in [1.165, 1.54) is 0 Å². The summed E-state index contributed by atoms with van der Waals surface area (Å²) in [4.78, 5) is 17.4. The third kappa shape index (κ3) is 5.34. The number of nitrogens with zero attached hydrogens (tertiary/aromatic N) is 1. The van der Waals surface area contributed by atoms with E-state index in [2.05, 4.69) is 15.6 Å². The van der Waals surface area contributed by atoms with Crippen molar-refractivity contribution in [2.75, 3.05) is 11.9 Å². The summed E-state index contributed by atoms with van der Waals surface area (Å²) in [5.41, 5.74) is 3.37. The van der Waals surface area contributed by atoms with Crippen molar-refractivity contribution in [2.45, 2.75) is 19.5 Å². The van der Waals surface area contributed by atoms with Gasteiger partial charge in [0.15, 0.2) is 0 Å². The van der Waals surface area contributed by atoms with Crippen LogP contribution >= 0.6 is 23.2 Å². The SMILES string of the molecule is C[C@@H](CO)NCc1ccc(C(=O)Nc2ccc(Cl)c(-c3nccc4ccccc34)c2)c(Cl)c1. The third-order valence-electron chi connectivity index (χ3n) is 5.36. The summed E-state index contributed by atoms with van der Waals surface area (Å²) in [7, 11) is 0. The first-order valence-corrected chi connectivity index (χ1v) is 11.3. The highest BCUT2D eigenvalue weighted by atomic mass is 35.5. The minimum Gasteiger partial charge on any atom is -0.395 e. The van der Waals surface area contributed by atoms with Crippen molar-refractivity contribution >= 4 is 45.6 Å². The summed E-state index contributed by atoms with van der Waals surface area (Å²) in [6, 6.07) is 20.5. The molecule has 1 aromatic heterocycles. The lowest BCUT2D eigenvalue weighted by Gasteiger charge is -2.13. The number of rotatable bonds is 7. The molecular weight excluding hydrogens is 457 g/mol. The van der Waals surface area contributed by atoms with Crippen molar-refractivity contribution < 1.29 is 9.90 Å². The largest absolute Gasteiger partial charge is 0.395 e. The Labute approximate surface area is 202 Å². The number of halogens is 2. The van der Waals surface area contributed by atoms with E-state index in [9.17, 15) is 4.79 Å². The van der Waals surface area contributed by atoms with Gasteiger partial charge in [-0.25, -0.2) is 0 Å². The van der Waals surface area contributed by atoms with Gasteiger partial charge in [-0.15, -0.1) is 0 Å². The molecule has 4 aromatic rings. The van der Waals surface area contributed by atoms with Gasteiger partial charge in [0.25, 0.3) is 5.91 Å². The van der Waals surface area contributed by atoms with E-state index in [1.54, 1.807) is 30.5 Å². The maximum absolute atomic E-state index is 12.9. The van der Waals surface area contributed by atoms with Crippen LogP contribution in [0.3, 0.4) is 0 Å². The van der Waals surface area contributed by atoms with Crippen LogP contribution in [0.2, 0.25) is 10.0 Å². The van der Waals surface area contributed by atoms with Crippen LogP contribution in [0.5, 0.6) is 0 Å². The number of aliphatic hydroxyl groups is 1. The fourth-order valence-corrected chi connectivity index (χ4v) is 4.02. The zero-order chi connectivity index (χ0) is 23.4. The molecule has 0 unspecified atom stereocenters. The number of fused-ring (bicyclic) bond motifs is 1. The van der Waals surface area contributed by atoms with Gasteiger partial charge < -0.3 is 15.7 Å². The molecule has 4 rings (SSSR count). The molecule has 0 spiro atoms. The number of benzene rings is 3. The van der Waals surface area contributed by atoms with Crippen LogP contribution in [0, 0.1) is 0 Å². The van der Waals surface area contributed by atoms with Crippen LogP contribution in [-0.4, -0.2) is 28.6 Å². The number of amides is 1. The Morgan fingerprint density at radius 1 is 1.03 bits per heavy atom. The molecular formula is C26H23Cl2N3O2. The Balaban J connectivity index is 1.57. The summed E-state index contributed by atoms with van der Waals surface area (Å²) in [5.74, 6) is -0.317. The van der Waals surface area contributed by atoms with E-state index >= 15 is 0 Å². The van der Waals surface area contributed by atoms with E-state index in [4.69, 9.17) is 28.3 Å². The lowest BCUT2D eigenvalue weighted by Crippen LogP contribution is -2.28. The number of carbonyl (C=O) groups is 1. The second-order valence-corrected chi connectivity index (χ2v) is 8.62. The molecule has 0 aliphatic carbocycles. The Hall–Kier alpha value is -2.96. The van der Waals surface area contributed by atoms with Gasteiger partial charge in [-0.1, -0.05) is 53.5 Å². The van der Waals surface area contributed by atoms with Crippen LogP contribution in [0.4, 0.5) is 5.69 Å². The second-order valence-electron chi connectivity index (χ2n) is 7.81. The Morgan fingerprint density at radius 2 is 1.85 bits per heavy atom. The molecule has 1 amide bonds. The molecule has 0 bridgehead atoms. The molecule has 0 saturated heterocycles. The normalized spacial score (nSPS) is 12.0. The first kappa shape index (κ1) is 23.2. The summed E-state index contributed by atoms with van der Waals surface area (Å²) in [6.07, 6.45) is 1.75. The minimum atomic E-state index is -0.317. The number of carbonyl (C=O) groups excluding carboxylic acids is 1. The molecule has 7 heteroatoms. The number of aliphatic hydroxyl groups excluding tert-OH is 1. The average Bonchev–Trinajstić information content (AvgIpc) is 2.83. The first-order chi connectivity index (χ1) is 16.0. The fraction of sp³-hybridized carbons (Fsp3) is 0.154. The topological polar surface area (TPSA) is 74.2 Å². The lowest BCUT2D eigenvalue weighted by molar-refractivity contribution is 0.102. The van der Waals surface area contributed by atoms with Gasteiger partial charge in [-0.2, -0.15) is 0 Å². The van der Waals surface area contributed by atoms with E-state index in [0.717, 1.165) is 27.6 Å². The van der Waals surface area contributed by atoms with E-state index in [1.807, 2.05) is 49.4 Å². The van der Waals surface area contributed by atoms with Crippen molar-refractivity contribution in [3.8, 4) is 11.3 Å². The standard InChI is InChI=1S/C26H23Cl2N3O2/c1-16(15-32)30-14-17-6-8-21(24(28)12-17)26(33)31-19-7-9-23(27)22(13-19)25-20-5-3-2-4-18(20)10-11-29-25/h2-13,16,30,32H,14-15H2,1H3,(H,31,33)/t16-/m0/s1. The predicted octanol–water partition coefficient (Wildman–Crippen LogP) is 5.93. The van der Waals surface area contributed by atoms with Crippen LogP contribution in [0.1, 0.15) is 22.8 Å². The summed E-state index contributed by atoms with van der Waals surface area (Å²) >= 11 is 12.9. The zero-order valence-electron chi connectivity index (χ0n) is 18.0. The molecule has 0 fully saturated rings. The molecule has 5 nitrogen and oxygen atoms in total. The van der Waals surface area contributed by atoms with Crippen molar-refractivity contribution in [1.29, 1.82) is 0 Å². The van der Waals surface area contributed by atoms with Gasteiger partial charge in [0, 0.05) is 35.4 Å². The number of hydrogen-bond acceptors (Lipinski definition) is 4. The van der Waals surface area contributed by atoms with Gasteiger partial charge >= 0.3 is 0 Å². The average molecular weight is 480 g/mol. The van der Waals surface area contributed by atoms with Crippen molar-refractivity contribution in [1.82, 2.24) is 10.3 Å². The van der Waals surface area contributed by atoms with Crippen molar-refractivity contribution in [3.05, 3.63) is 94.1 Å². The molecule has 0 radical (unpaired) electrons. The molecule has 0 aliphatic rings. The van der Waals surface area contributed by atoms with E-state index in [-0.39, 0.29) is 18.6 Å². The van der Waals surface area contributed by atoms with Gasteiger partial charge in [0.2, 0.25) is 0 Å². The quantitative estimate of drug-likeness (QED) is 0.307. The number of aromatic nitrogens is 1. The van der Waals surface area contributed by atoms with Gasteiger partial charge in [0.1, 0.15) is 0 Å². The maximum Gasteiger partial charge on any atom is 0.257 e. The van der Waals surface area contributed by atoms with Crippen molar-refractivity contribution in [2.24, 2.45) is 0 Å². The fourth-order valence-electron chi connectivity index (χ4n) is 3.53. The zero-order valence-corrected chi connectivity index (χ0v) is 19.5. The molecule has 33 heavy (non-hydrogen) atoms. The molecule has 168 valence electrons. The smallest absolute Gasteiger partial charge is 0.257 e. The molecule has 3 aromatic carbocycles. The summed E-state index contributed by atoms with van der Waals surface area (Å²) < 4.78 is 0. The first-order valence-electron chi connectivity index (χ1n) is 10.5. The monoisotopic (exact) mass is 479 g/mol. The van der Waals surface area contributed by atoms with Gasteiger partial charge in [-0.05, 0) is 54.3 Å². The summed E-state index contributed by atoms with van der Waals surface area (Å²) in [5, 5.41) is 18.2. The number of hydrogen-bond donors (Lipinski definition) is 3. The molecule has 0 aliphatic heterocycles. The van der Waals surface area contributed by atoms with Crippen molar-refractivity contribution in [3.63, 3.8) is 0 Å². The molecule has 0 saturated carbocycles. The number of nitrogens with one attached hydrogen (secondary N) is 2. The van der Waals surface area contributed by atoms with Crippen LogP contribution in [-0.2, 0) is 6.54 Å².